The standard InChI is InChI=1S/C15H23N5O/c16-13(21)9-12-3-7-20(8-4-12)15-10-14(17-11-18-15)19-5-1-2-6-19/h10-12H,1-9H2,(H2,16,21). The van der Waals surface area contributed by atoms with Crippen LogP contribution in [0.2, 0.25) is 0 Å². The van der Waals surface area contributed by atoms with Gasteiger partial charge in [0.05, 0.1) is 0 Å². The van der Waals surface area contributed by atoms with Crippen LogP contribution in [0.15, 0.2) is 12.4 Å². The van der Waals surface area contributed by atoms with E-state index in [1.165, 1.54) is 12.8 Å². The molecule has 0 bridgehead atoms. The van der Waals surface area contributed by atoms with Gasteiger partial charge in [0.15, 0.2) is 0 Å². The van der Waals surface area contributed by atoms with E-state index in [-0.39, 0.29) is 5.91 Å². The third-order valence-electron chi connectivity index (χ3n) is 4.50. The fraction of sp³-hybridized carbons (Fsp3) is 0.667. The van der Waals surface area contributed by atoms with Crippen molar-refractivity contribution < 1.29 is 4.79 Å². The first-order valence-corrected chi connectivity index (χ1v) is 7.82. The first-order valence-electron chi connectivity index (χ1n) is 7.82. The first-order chi connectivity index (χ1) is 10.2. The van der Waals surface area contributed by atoms with E-state index < -0.39 is 0 Å². The van der Waals surface area contributed by atoms with Crippen LogP contribution < -0.4 is 15.5 Å². The molecule has 3 rings (SSSR count). The highest BCUT2D eigenvalue weighted by Gasteiger charge is 2.22. The molecule has 2 fully saturated rings. The second kappa shape index (κ2) is 6.28. The Kier molecular flexibility index (Phi) is 4.22. The van der Waals surface area contributed by atoms with Gasteiger partial charge in [-0.05, 0) is 31.6 Å². The molecule has 1 amide bonds. The van der Waals surface area contributed by atoms with Gasteiger partial charge in [-0.25, -0.2) is 9.97 Å². The maximum atomic E-state index is 11.0. The number of primary amides is 1. The van der Waals surface area contributed by atoms with Crippen molar-refractivity contribution in [2.75, 3.05) is 36.0 Å². The summed E-state index contributed by atoms with van der Waals surface area (Å²) in [5.74, 6) is 2.28. The molecule has 0 radical (unpaired) electrons. The van der Waals surface area contributed by atoms with Crippen molar-refractivity contribution in [3.63, 3.8) is 0 Å². The Hall–Kier alpha value is -1.85. The van der Waals surface area contributed by atoms with Crippen molar-refractivity contribution in [2.45, 2.75) is 32.1 Å². The molecule has 2 N–H and O–H groups in total. The predicted molar refractivity (Wildman–Crippen MR) is 82.2 cm³/mol. The fourth-order valence-electron chi connectivity index (χ4n) is 3.28. The van der Waals surface area contributed by atoms with Gasteiger partial charge in [-0.15, -0.1) is 0 Å². The van der Waals surface area contributed by atoms with E-state index in [0.717, 1.165) is 50.7 Å². The van der Waals surface area contributed by atoms with Crippen LogP contribution in [0.5, 0.6) is 0 Å². The fourth-order valence-corrected chi connectivity index (χ4v) is 3.28. The Morgan fingerprint density at radius 3 is 2.24 bits per heavy atom. The van der Waals surface area contributed by atoms with Crippen LogP contribution in [0.4, 0.5) is 11.6 Å². The summed E-state index contributed by atoms with van der Waals surface area (Å²) in [6.45, 7) is 4.07. The van der Waals surface area contributed by atoms with Crippen molar-refractivity contribution in [1.29, 1.82) is 0 Å². The summed E-state index contributed by atoms with van der Waals surface area (Å²) >= 11 is 0. The van der Waals surface area contributed by atoms with Crippen LogP contribution in [-0.2, 0) is 4.79 Å². The molecule has 1 aromatic rings. The van der Waals surface area contributed by atoms with Gasteiger partial charge in [0.2, 0.25) is 5.91 Å². The second-order valence-electron chi connectivity index (χ2n) is 6.03. The average molecular weight is 289 g/mol. The Bertz CT molecular complexity index is 493. The van der Waals surface area contributed by atoms with Gasteiger partial charge in [0.25, 0.3) is 0 Å². The number of carbonyl (C=O) groups is 1. The van der Waals surface area contributed by atoms with Crippen LogP contribution in [0, 0.1) is 5.92 Å². The number of anilines is 2. The zero-order chi connectivity index (χ0) is 14.7. The molecule has 0 saturated carbocycles. The molecular weight excluding hydrogens is 266 g/mol. The highest BCUT2D eigenvalue weighted by atomic mass is 16.1. The Morgan fingerprint density at radius 2 is 1.67 bits per heavy atom. The summed E-state index contributed by atoms with van der Waals surface area (Å²) in [7, 11) is 0. The molecule has 0 unspecified atom stereocenters. The second-order valence-corrected chi connectivity index (χ2v) is 6.03. The molecule has 6 nitrogen and oxygen atoms in total. The van der Waals surface area contributed by atoms with E-state index >= 15 is 0 Å². The largest absolute Gasteiger partial charge is 0.370 e. The van der Waals surface area contributed by atoms with E-state index in [1.807, 2.05) is 0 Å². The summed E-state index contributed by atoms with van der Waals surface area (Å²) in [5.41, 5.74) is 5.28. The highest BCUT2D eigenvalue weighted by Crippen LogP contribution is 2.26. The number of nitrogens with two attached hydrogens (primary N) is 1. The third kappa shape index (κ3) is 3.43. The van der Waals surface area contributed by atoms with E-state index in [9.17, 15) is 4.79 Å². The van der Waals surface area contributed by atoms with Crippen molar-refractivity contribution in [3.8, 4) is 0 Å². The van der Waals surface area contributed by atoms with Gasteiger partial charge in [-0.3, -0.25) is 4.79 Å². The molecule has 0 aliphatic carbocycles. The first kappa shape index (κ1) is 14.1. The maximum Gasteiger partial charge on any atom is 0.217 e. The number of rotatable bonds is 4. The Labute approximate surface area is 125 Å². The molecular formula is C15H23N5O. The van der Waals surface area contributed by atoms with Gasteiger partial charge in [0, 0.05) is 38.7 Å². The Morgan fingerprint density at radius 1 is 1.10 bits per heavy atom. The lowest BCUT2D eigenvalue weighted by atomic mass is 9.93. The lowest BCUT2D eigenvalue weighted by Crippen LogP contribution is -2.35. The molecule has 2 aliphatic rings. The van der Waals surface area contributed by atoms with Crippen LogP contribution in [0.3, 0.4) is 0 Å². The van der Waals surface area contributed by atoms with Crippen molar-refractivity contribution in [1.82, 2.24) is 9.97 Å². The van der Waals surface area contributed by atoms with Crippen LogP contribution in [0.1, 0.15) is 32.1 Å². The number of aromatic nitrogens is 2. The number of carbonyl (C=O) groups excluding carboxylic acids is 1. The minimum Gasteiger partial charge on any atom is -0.370 e. The van der Waals surface area contributed by atoms with Gasteiger partial charge < -0.3 is 15.5 Å². The molecule has 0 spiro atoms. The molecule has 1 aromatic heterocycles. The van der Waals surface area contributed by atoms with Crippen LogP contribution >= 0.6 is 0 Å². The normalized spacial score (nSPS) is 20.0. The van der Waals surface area contributed by atoms with Crippen LogP contribution in [-0.4, -0.2) is 42.1 Å². The van der Waals surface area contributed by atoms with E-state index in [1.54, 1.807) is 6.33 Å². The van der Waals surface area contributed by atoms with E-state index in [2.05, 4.69) is 25.8 Å². The highest BCUT2D eigenvalue weighted by molar-refractivity contribution is 5.74. The van der Waals surface area contributed by atoms with E-state index in [0.29, 0.717) is 12.3 Å². The molecule has 0 atom stereocenters. The predicted octanol–water partition coefficient (Wildman–Crippen LogP) is 1.17. The molecule has 21 heavy (non-hydrogen) atoms. The smallest absolute Gasteiger partial charge is 0.217 e. The number of hydrogen-bond donors (Lipinski definition) is 1. The Balaban J connectivity index is 1.62. The molecule has 2 aliphatic heterocycles. The van der Waals surface area contributed by atoms with Gasteiger partial charge in [0.1, 0.15) is 18.0 Å². The average Bonchev–Trinajstić information content (AvgIpc) is 3.02. The quantitative estimate of drug-likeness (QED) is 0.900. The summed E-state index contributed by atoms with van der Waals surface area (Å²) in [4.78, 5) is 24.4. The maximum absolute atomic E-state index is 11.0. The SMILES string of the molecule is NC(=O)CC1CCN(c2cc(N3CCCC3)ncn2)CC1. The van der Waals surface area contributed by atoms with Gasteiger partial charge in [-0.1, -0.05) is 0 Å². The van der Waals surface area contributed by atoms with Gasteiger partial charge >= 0.3 is 0 Å². The monoisotopic (exact) mass is 289 g/mol. The summed E-state index contributed by atoms with van der Waals surface area (Å²) in [6.07, 6.45) is 6.68. The topological polar surface area (TPSA) is 75.4 Å². The minimum atomic E-state index is -0.188. The van der Waals surface area contributed by atoms with Crippen molar-refractivity contribution >= 4 is 17.5 Å². The molecule has 0 aromatic carbocycles. The van der Waals surface area contributed by atoms with Crippen molar-refractivity contribution in [3.05, 3.63) is 12.4 Å². The number of hydrogen-bond acceptors (Lipinski definition) is 5. The molecule has 2 saturated heterocycles. The minimum absolute atomic E-state index is 0.188. The summed E-state index contributed by atoms with van der Waals surface area (Å²) < 4.78 is 0. The summed E-state index contributed by atoms with van der Waals surface area (Å²) in [5, 5.41) is 0. The zero-order valence-corrected chi connectivity index (χ0v) is 12.4. The van der Waals surface area contributed by atoms with Gasteiger partial charge in [-0.2, -0.15) is 0 Å². The van der Waals surface area contributed by atoms with E-state index in [4.69, 9.17) is 5.73 Å². The van der Waals surface area contributed by atoms with Crippen LogP contribution in [0.25, 0.3) is 0 Å². The lowest BCUT2D eigenvalue weighted by Gasteiger charge is -2.32. The lowest BCUT2D eigenvalue weighted by molar-refractivity contribution is -0.119. The zero-order valence-electron chi connectivity index (χ0n) is 12.4. The number of piperidine rings is 1. The number of amides is 1. The number of nitrogens with zero attached hydrogens (tertiary/aromatic N) is 4. The molecule has 114 valence electrons. The third-order valence-corrected chi connectivity index (χ3v) is 4.50. The molecule has 6 heteroatoms. The molecule has 3 heterocycles. The van der Waals surface area contributed by atoms with Crippen molar-refractivity contribution in [2.24, 2.45) is 11.7 Å². The summed E-state index contributed by atoms with van der Waals surface area (Å²) in [6, 6.07) is 2.10.